The summed E-state index contributed by atoms with van der Waals surface area (Å²) in [5.74, 6) is -0.422. The molecule has 0 atom stereocenters. The predicted octanol–water partition coefficient (Wildman–Crippen LogP) is 2.33. The first-order chi connectivity index (χ1) is 9.38. The average Bonchev–Trinajstić information content (AvgIpc) is 2.37. The molecule has 0 saturated carbocycles. The van der Waals surface area contributed by atoms with Gasteiger partial charge in [-0.3, -0.25) is 9.59 Å². The Morgan fingerprint density at radius 1 is 1.15 bits per heavy atom. The molecule has 0 saturated heterocycles. The van der Waals surface area contributed by atoms with Gasteiger partial charge in [0.15, 0.2) is 0 Å². The van der Waals surface area contributed by atoms with E-state index in [1.807, 2.05) is 13.8 Å². The maximum absolute atomic E-state index is 12.2. The molecule has 20 heavy (non-hydrogen) atoms. The van der Waals surface area contributed by atoms with Gasteiger partial charge in [-0.25, -0.2) is 4.98 Å². The quantitative estimate of drug-likeness (QED) is 0.783. The third-order valence-electron chi connectivity index (χ3n) is 2.85. The molecule has 1 heterocycles. The lowest BCUT2D eigenvalue weighted by Gasteiger charge is -2.23. The van der Waals surface area contributed by atoms with Gasteiger partial charge >= 0.3 is 0 Å². The highest BCUT2D eigenvalue weighted by Gasteiger charge is 2.18. The number of likely N-dealkylation sites (N-methyl/N-ethyl adjacent to an activating group) is 2. The minimum Gasteiger partial charge on any atom is -0.342 e. The number of pyridine rings is 1. The first-order valence-corrected chi connectivity index (χ1v) is 7.00. The van der Waals surface area contributed by atoms with Crippen molar-refractivity contribution < 1.29 is 9.59 Å². The second-order valence-electron chi connectivity index (χ2n) is 4.23. The van der Waals surface area contributed by atoms with Crippen LogP contribution in [0.5, 0.6) is 0 Å². The van der Waals surface area contributed by atoms with Gasteiger partial charge in [-0.05, 0) is 26.0 Å². The Bertz CT molecular complexity index is 484. The van der Waals surface area contributed by atoms with Crippen LogP contribution < -0.4 is 0 Å². The standard InChI is InChI=1S/C13H17Cl2N3O2/c1-4-18(5-2)12(19)8-17(3)13(20)9-6-10(14)16-11(15)7-9/h6-7H,4-5,8H2,1-3H3. The van der Waals surface area contributed by atoms with Crippen molar-refractivity contribution in [1.29, 1.82) is 0 Å². The first-order valence-electron chi connectivity index (χ1n) is 6.25. The Hall–Kier alpha value is -1.33. The molecule has 0 aliphatic rings. The highest BCUT2D eigenvalue weighted by molar-refractivity contribution is 6.33. The zero-order valence-corrected chi connectivity index (χ0v) is 13.2. The Morgan fingerprint density at radius 2 is 1.65 bits per heavy atom. The Kier molecular flexibility index (Phi) is 6.23. The predicted molar refractivity (Wildman–Crippen MR) is 79.1 cm³/mol. The maximum Gasteiger partial charge on any atom is 0.254 e. The molecule has 7 heteroatoms. The van der Waals surface area contributed by atoms with Crippen LogP contribution >= 0.6 is 23.2 Å². The number of hydrogen-bond donors (Lipinski definition) is 0. The molecule has 0 aromatic carbocycles. The van der Waals surface area contributed by atoms with Crippen LogP contribution in [0.3, 0.4) is 0 Å². The van der Waals surface area contributed by atoms with E-state index in [-0.39, 0.29) is 28.7 Å². The number of carbonyl (C=O) groups is 2. The normalized spacial score (nSPS) is 10.2. The van der Waals surface area contributed by atoms with Crippen LogP contribution in [0.1, 0.15) is 24.2 Å². The highest BCUT2D eigenvalue weighted by Crippen LogP contribution is 2.16. The van der Waals surface area contributed by atoms with Gasteiger partial charge in [0.1, 0.15) is 10.3 Å². The highest BCUT2D eigenvalue weighted by atomic mass is 35.5. The van der Waals surface area contributed by atoms with Crippen LogP contribution in [-0.4, -0.2) is 53.3 Å². The van der Waals surface area contributed by atoms with Gasteiger partial charge in [-0.1, -0.05) is 23.2 Å². The van der Waals surface area contributed by atoms with Gasteiger partial charge in [-0.15, -0.1) is 0 Å². The first kappa shape index (κ1) is 16.7. The van der Waals surface area contributed by atoms with E-state index in [0.29, 0.717) is 18.7 Å². The fraction of sp³-hybridized carbons (Fsp3) is 0.462. The van der Waals surface area contributed by atoms with Gasteiger partial charge in [-0.2, -0.15) is 0 Å². The number of amides is 2. The van der Waals surface area contributed by atoms with Crippen molar-refractivity contribution in [1.82, 2.24) is 14.8 Å². The monoisotopic (exact) mass is 317 g/mol. The minimum absolute atomic E-state index is 0.0120. The van der Waals surface area contributed by atoms with E-state index in [1.165, 1.54) is 17.0 Å². The van der Waals surface area contributed by atoms with E-state index < -0.39 is 0 Å². The Morgan fingerprint density at radius 3 is 2.10 bits per heavy atom. The summed E-state index contributed by atoms with van der Waals surface area (Å²) in [7, 11) is 1.56. The number of carbonyl (C=O) groups excluding carboxylic acids is 2. The van der Waals surface area contributed by atoms with Gasteiger partial charge in [0.05, 0.1) is 6.54 Å². The summed E-state index contributed by atoms with van der Waals surface area (Å²) in [6.45, 7) is 5.03. The average molecular weight is 318 g/mol. The maximum atomic E-state index is 12.2. The number of aromatic nitrogens is 1. The topological polar surface area (TPSA) is 53.5 Å². The van der Waals surface area contributed by atoms with Crippen LogP contribution in [-0.2, 0) is 4.79 Å². The molecular formula is C13H17Cl2N3O2. The second kappa shape index (κ2) is 7.45. The van der Waals surface area contributed by atoms with Gasteiger partial charge < -0.3 is 9.80 Å². The molecule has 1 aromatic heterocycles. The van der Waals surface area contributed by atoms with Crippen LogP contribution in [0.2, 0.25) is 10.3 Å². The fourth-order valence-electron chi connectivity index (χ4n) is 1.76. The van der Waals surface area contributed by atoms with Crippen LogP contribution in [0.25, 0.3) is 0 Å². The van der Waals surface area contributed by atoms with Gasteiger partial charge in [0.25, 0.3) is 5.91 Å². The molecule has 0 aliphatic carbocycles. The summed E-state index contributed by atoms with van der Waals surface area (Å²) in [6, 6.07) is 2.85. The Balaban J connectivity index is 2.79. The third-order valence-corrected chi connectivity index (χ3v) is 3.23. The minimum atomic E-state index is -0.322. The molecule has 2 amide bonds. The van der Waals surface area contributed by atoms with Crippen molar-refractivity contribution in [3.63, 3.8) is 0 Å². The summed E-state index contributed by atoms with van der Waals surface area (Å²) in [4.78, 5) is 30.9. The molecule has 0 N–H and O–H groups in total. The summed E-state index contributed by atoms with van der Waals surface area (Å²) in [6.07, 6.45) is 0. The van der Waals surface area contributed by atoms with Crippen LogP contribution in [0.4, 0.5) is 0 Å². The van der Waals surface area contributed by atoms with Crippen molar-refractivity contribution in [2.24, 2.45) is 0 Å². The van der Waals surface area contributed by atoms with E-state index in [4.69, 9.17) is 23.2 Å². The number of rotatable bonds is 5. The molecule has 0 radical (unpaired) electrons. The van der Waals surface area contributed by atoms with E-state index in [0.717, 1.165) is 0 Å². The summed E-state index contributed by atoms with van der Waals surface area (Å²) in [5, 5.41) is 0.286. The Labute approximate surface area is 128 Å². The lowest BCUT2D eigenvalue weighted by molar-refractivity contribution is -0.131. The van der Waals surface area contributed by atoms with E-state index in [2.05, 4.69) is 4.98 Å². The van der Waals surface area contributed by atoms with Crippen LogP contribution in [0, 0.1) is 0 Å². The zero-order valence-electron chi connectivity index (χ0n) is 11.7. The molecule has 1 aromatic rings. The molecule has 0 unspecified atom stereocenters. The zero-order chi connectivity index (χ0) is 15.3. The molecule has 0 fully saturated rings. The van der Waals surface area contributed by atoms with E-state index in [9.17, 15) is 9.59 Å². The fourth-order valence-corrected chi connectivity index (χ4v) is 2.22. The number of halogens is 2. The van der Waals surface area contributed by atoms with Crippen molar-refractivity contribution >= 4 is 35.0 Å². The van der Waals surface area contributed by atoms with Crippen molar-refractivity contribution in [3.8, 4) is 0 Å². The summed E-state index contributed by atoms with van der Waals surface area (Å²) >= 11 is 11.5. The second-order valence-corrected chi connectivity index (χ2v) is 5.00. The number of nitrogens with zero attached hydrogens (tertiary/aromatic N) is 3. The molecular weight excluding hydrogens is 301 g/mol. The molecule has 0 bridgehead atoms. The van der Waals surface area contributed by atoms with Crippen molar-refractivity contribution in [3.05, 3.63) is 28.0 Å². The van der Waals surface area contributed by atoms with E-state index in [1.54, 1.807) is 11.9 Å². The van der Waals surface area contributed by atoms with Crippen molar-refractivity contribution in [2.45, 2.75) is 13.8 Å². The van der Waals surface area contributed by atoms with Crippen LogP contribution in [0.15, 0.2) is 12.1 Å². The molecule has 1 rings (SSSR count). The lowest BCUT2D eigenvalue weighted by Crippen LogP contribution is -2.41. The van der Waals surface area contributed by atoms with Crippen molar-refractivity contribution in [2.75, 3.05) is 26.7 Å². The lowest BCUT2D eigenvalue weighted by atomic mass is 10.2. The van der Waals surface area contributed by atoms with Gasteiger partial charge in [0, 0.05) is 25.7 Å². The number of hydrogen-bond acceptors (Lipinski definition) is 3. The van der Waals surface area contributed by atoms with Gasteiger partial charge in [0.2, 0.25) is 5.91 Å². The molecule has 110 valence electrons. The summed E-state index contributed by atoms with van der Waals surface area (Å²) in [5.41, 5.74) is 0.310. The molecule has 0 spiro atoms. The summed E-state index contributed by atoms with van der Waals surface area (Å²) < 4.78 is 0. The van der Waals surface area contributed by atoms with E-state index >= 15 is 0 Å². The molecule has 0 aliphatic heterocycles. The molecule has 5 nitrogen and oxygen atoms in total. The largest absolute Gasteiger partial charge is 0.342 e. The third kappa shape index (κ3) is 4.35. The SMILES string of the molecule is CCN(CC)C(=O)CN(C)C(=O)c1cc(Cl)nc(Cl)c1. The smallest absolute Gasteiger partial charge is 0.254 e.